The number of fused-ring (bicyclic) bond motifs is 2. The van der Waals surface area contributed by atoms with Gasteiger partial charge in [-0.1, -0.05) is 80.9 Å². The summed E-state index contributed by atoms with van der Waals surface area (Å²) in [5, 5.41) is 21.9. The highest BCUT2D eigenvalue weighted by atomic mass is 16.2. The van der Waals surface area contributed by atoms with Gasteiger partial charge in [-0.05, 0) is 66.6 Å². The number of hydrogen-bond donors (Lipinski definition) is 9. The zero-order valence-electron chi connectivity index (χ0n) is 35.3. The van der Waals surface area contributed by atoms with Crippen LogP contribution in [0.3, 0.4) is 0 Å². The third kappa shape index (κ3) is 12.9. The molecule has 0 bridgehead atoms. The molecule has 0 radical (unpaired) electrons. The molecule has 0 spiro atoms. The number of aromatic nitrogens is 1. The maximum Gasteiger partial charge on any atom is 0.243 e. The Morgan fingerprint density at radius 1 is 0.742 bits per heavy atom. The number of para-hydroxylation sites is 1. The van der Waals surface area contributed by atoms with E-state index < -0.39 is 71.7 Å². The molecule has 330 valence electrons. The molecule has 7 amide bonds. The first-order valence-electron chi connectivity index (χ1n) is 21.0. The highest BCUT2D eigenvalue weighted by Gasteiger charge is 2.34. The summed E-state index contributed by atoms with van der Waals surface area (Å²) in [6.07, 6.45) is 4.10. The fourth-order valence-corrected chi connectivity index (χ4v) is 7.43. The smallest absolute Gasteiger partial charge is 0.243 e. The number of hydrogen-bond acceptors (Lipinski definition) is 9. The van der Waals surface area contributed by atoms with Crippen molar-refractivity contribution in [1.82, 2.24) is 42.2 Å². The molecule has 0 unspecified atom stereocenters. The van der Waals surface area contributed by atoms with E-state index in [1.54, 1.807) is 20.0 Å². The van der Waals surface area contributed by atoms with Gasteiger partial charge < -0.3 is 52.7 Å². The lowest BCUT2D eigenvalue weighted by atomic mass is 9.99. The van der Waals surface area contributed by atoms with Crippen molar-refractivity contribution in [3.8, 4) is 0 Å². The predicted octanol–water partition coefficient (Wildman–Crippen LogP) is 0.929. The van der Waals surface area contributed by atoms with Crippen LogP contribution in [0.4, 0.5) is 0 Å². The summed E-state index contributed by atoms with van der Waals surface area (Å²) in [5.41, 5.74) is 7.71. The van der Waals surface area contributed by atoms with Crippen molar-refractivity contribution in [2.24, 2.45) is 11.7 Å². The number of carbonyl (C=O) groups excluding carboxylic acids is 8. The van der Waals surface area contributed by atoms with Gasteiger partial charge in [-0.15, -0.1) is 0 Å². The Hall–Kier alpha value is -6.62. The van der Waals surface area contributed by atoms with E-state index in [0.29, 0.717) is 24.8 Å². The monoisotopic (exact) mass is 851 g/mol. The molecule has 10 N–H and O–H groups in total. The van der Waals surface area contributed by atoms with Crippen LogP contribution in [0, 0.1) is 5.92 Å². The van der Waals surface area contributed by atoms with Crippen LogP contribution in [-0.2, 0) is 51.2 Å². The van der Waals surface area contributed by atoms with Crippen LogP contribution in [0.25, 0.3) is 21.7 Å². The van der Waals surface area contributed by atoms with Crippen LogP contribution >= 0.6 is 0 Å². The van der Waals surface area contributed by atoms with Gasteiger partial charge in [0.25, 0.3) is 0 Å². The van der Waals surface area contributed by atoms with Crippen molar-refractivity contribution >= 4 is 69.3 Å². The van der Waals surface area contributed by atoms with E-state index in [1.165, 1.54) is 6.92 Å². The van der Waals surface area contributed by atoms with Crippen LogP contribution in [0.15, 0.2) is 72.9 Å². The van der Waals surface area contributed by atoms with Crippen LogP contribution in [0.5, 0.6) is 0 Å². The van der Waals surface area contributed by atoms with Gasteiger partial charge in [-0.3, -0.25) is 33.6 Å². The number of amides is 7. The second-order valence-electron chi connectivity index (χ2n) is 16.0. The molecule has 1 aliphatic rings. The first-order chi connectivity index (χ1) is 29.7. The first-order valence-corrected chi connectivity index (χ1v) is 21.0. The maximum absolute atomic E-state index is 14.3. The van der Waals surface area contributed by atoms with Crippen LogP contribution in [0.2, 0.25) is 0 Å². The molecule has 5 rings (SSSR count). The Morgan fingerprint density at radius 2 is 1.42 bits per heavy atom. The van der Waals surface area contributed by atoms with Gasteiger partial charge in [-0.25, -0.2) is 0 Å². The Labute approximate surface area is 359 Å². The summed E-state index contributed by atoms with van der Waals surface area (Å²) in [7, 11) is 0. The molecule has 0 saturated carbocycles. The van der Waals surface area contributed by atoms with Crippen LogP contribution < -0.4 is 43.0 Å². The highest BCUT2D eigenvalue weighted by Crippen LogP contribution is 2.20. The third-order valence-corrected chi connectivity index (χ3v) is 10.9. The van der Waals surface area contributed by atoms with E-state index in [4.69, 9.17) is 5.73 Å². The van der Waals surface area contributed by atoms with E-state index in [9.17, 15) is 38.4 Å². The largest absolute Gasteiger partial charge is 0.370 e. The number of rotatable bonds is 21. The molecular formula is C45H57N9O8. The second-order valence-corrected chi connectivity index (χ2v) is 16.0. The Kier molecular flexibility index (Phi) is 16.7. The van der Waals surface area contributed by atoms with Crippen molar-refractivity contribution in [2.45, 2.75) is 102 Å². The number of H-pyrrole nitrogens is 1. The number of primary amides is 1. The summed E-state index contributed by atoms with van der Waals surface area (Å²) in [6.45, 7) is 5.26. The predicted molar refractivity (Wildman–Crippen MR) is 233 cm³/mol. The summed E-state index contributed by atoms with van der Waals surface area (Å²) in [6, 6.07) is 14.3. The van der Waals surface area contributed by atoms with Gasteiger partial charge >= 0.3 is 0 Å². The lowest BCUT2D eigenvalue weighted by Crippen LogP contribution is -2.60. The lowest BCUT2D eigenvalue weighted by molar-refractivity contribution is -0.135. The third-order valence-electron chi connectivity index (χ3n) is 10.9. The molecule has 17 heteroatoms. The minimum absolute atomic E-state index is 0.0514. The van der Waals surface area contributed by atoms with Crippen molar-refractivity contribution < 1.29 is 38.4 Å². The molecule has 17 nitrogen and oxygen atoms in total. The van der Waals surface area contributed by atoms with E-state index in [1.807, 2.05) is 66.7 Å². The quantitative estimate of drug-likeness (QED) is 0.0540. The number of nitrogens with two attached hydrogens (primary N) is 1. The molecule has 1 saturated heterocycles. The Bertz CT molecular complexity index is 2250. The van der Waals surface area contributed by atoms with Gasteiger partial charge in [0, 0.05) is 36.4 Å². The summed E-state index contributed by atoms with van der Waals surface area (Å²) >= 11 is 0. The summed E-state index contributed by atoms with van der Waals surface area (Å²) < 4.78 is 0. The van der Waals surface area contributed by atoms with Gasteiger partial charge in [0.1, 0.15) is 36.5 Å². The number of carbonyl (C=O) groups is 8. The van der Waals surface area contributed by atoms with Gasteiger partial charge in [0.2, 0.25) is 41.4 Å². The molecule has 3 aromatic carbocycles. The maximum atomic E-state index is 14.3. The number of benzene rings is 3. The van der Waals surface area contributed by atoms with E-state index in [0.717, 1.165) is 40.1 Å². The molecule has 0 aliphatic carbocycles. The zero-order valence-corrected chi connectivity index (χ0v) is 35.3. The average molecular weight is 852 g/mol. The Balaban J connectivity index is 1.38. The fourth-order valence-electron chi connectivity index (χ4n) is 7.43. The van der Waals surface area contributed by atoms with Gasteiger partial charge in [0.15, 0.2) is 0 Å². The molecule has 2 heterocycles. The van der Waals surface area contributed by atoms with Crippen LogP contribution in [0.1, 0.15) is 64.0 Å². The van der Waals surface area contributed by atoms with Gasteiger partial charge in [0.05, 0.1) is 12.6 Å². The number of piperidine rings is 1. The van der Waals surface area contributed by atoms with Crippen LogP contribution in [-0.4, -0.2) is 102 Å². The van der Waals surface area contributed by atoms with Crippen molar-refractivity contribution in [3.63, 3.8) is 0 Å². The summed E-state index contributed by atoms with van der Waals surface area (Å²) in [4.78, 5) is 108. The lowest BCUT2D eigenvalue weighted by Gasteiger charge is -2.28. The van der Waals surface area contributed by atoms with Gasteiger partial charge in [-0.2, -0.15) is 0 Å². The number of aldehydes is 1. The van der Waals surface area contributed by atoms with E-state index >= 15 is 0 Å². The molecule has 62 heavy (non-hydrogen) atoms. The van der Waals surface area contributed by atoms with E-state index in [2.05, 4.69) is 42.2 Å². The number of aromatic amines is 1. The molecule has 6 atom stereocenters. The summed E-state index contributed by atoms with van der Waals surface area (Å²) in [5.74, 6) is -4.96. The number of nitrogens with one attached hydrogen (secondary N) is 8. The normalized spacial score (nSPS) is 16.2. The van der Waals surface area contributed by atoms with E-state index in [-0.39, 0.29) is 44.1 Å². The minimum atomic E-state index is -1.38. The molecule has 1 aromatic heterocycles. The average Bonchev–Trinajstić information content (AvgIpc) is 3.67. The molecule has 1 fully saturated rings. The highest BCUT2D eigenvalue weighted by molar-refractivity contribution is 5.97. The standard InChI is InChI=1S/C45H57N9O8/c1-26(2)39(45(62)48-20-21-55)54-40(57)27(3)50-43(60)37(24-31-25-49-33-13-7-6-12-32(31)33)53-42(59)35(17-18-38(46)56)51-44(61)36(52-41(58)34-14-8-9-19-47-34)23-28-15-16-29-10-4-5-11-30(29)22-28/h4-7,10-13,15-16,21-22,25-27,34-37,39,47,49H,8-9,14,17-20,23-24H2,1-3H3,(H2,46,56)(H,48,62)(H,50,60)(H,51,61)(H,52,58)(H,53,59)(H,54,57)/t27-,34-,35-,36+,37-,39-/m0/s1. The molecule has 4 aromatic rings. The topological polar surface area (TPSA) is 263 Å². The minimum Gasteiger partial charge on any atom is -0.370 e. The van der Waals surface area contributed by atoms with Crippen molar-refractivity contribution in [1.29, 1.82) is 0 Å². The molecular weight excluding hydrogens is 795 g/mol. The second kappa shape index (κ2) is 22.3. The zero-order chi connectivity index (χ0) is 44.8. The fraction of sp³-hybridized carbons (Fsp3) is 0.422. The SMILES string of the molecule is CC(C)[C@H](NC(=O)[C@H](C)NC(=O)[C@H](Cc1c[nH]c2ccccc12)NC(=O)[C@H](CCC(N)=O)NC(=O)[C@@H](Cc1ccc2ccccc2c1)NC(=O)[C@@H]1CCCCN1)C(=O)NCC=O. The first kappa shape index (κ1) is 46.4. The Morgan fingerprint density at radius 3 is 2.13 bits per heavy atom. The van der Waals surface area contributed by atoms with Crippen molar-refractivity contribution in [2.75, 3.05) is 13.1 Å². The van der Waals surface area contributed by atoms with Crippen molar-refractivity contribution in [3.05, 3.63) is 84.1 Å². The molecule has 1 aliphatic heterocycles.